The highest BCUT2D eigenvalue weighted by Crippen LogP contribution is 2.41. The fourth-order valence-corrected chi connectivity index (χ4v) is 3.69. The lowest BCUT2D eigenvalue weighted by atomic mass is 9.89. The first-order chi connectivity index (χ1) is 13.7. The zero-order valence-corrected chi connectivity index (χ0v) is 19.7. The van der Waals surface area contributed by atoms with Crippen molar-refractivity contribution < 1.29 is 18.6 Å². The van der Waals surface area contributed by atoms with Crippen LogP contribution in [0.5, 0.6) is 0 Å². The molecule has 1 atom stereocenters. The molecule has 3 nitrogen and oxygen atoms in total. The molecule has 29 heavy (non-hydrogen) atoms. The fraction of sp³-hybridized carbons (Fsp3) is 0.760. The lowest BCUT2D eigenvalue weighted by Crippen LogP contribution is -2.49. The van der Waals surface area contributed by atoms with Gasteiger partial charge in [0.05, 0.1) is 24.2 Å². The molecule has 0 aromatic heterocycles. The van der Waals surface area contributed by atoms with E-state index in [9.17, 15) is 4.39 Å². The molecule has 0 radical (unpaired) electrons. The van der Waals surface area contributed by atoms with Crippen molar-refractivity contribution in [3.63, 3.8) is 0 Å². The van der Waals surface area contributed by atoms with Crippen LogP contribution in [0.15, 0.2) is 24.3 Å². The van der Waals surface area contributed by atoms with E-state index in [0.29, 0.717) is 0 Å². The monoisotopic (exact) mass is 410 g/mol. The molecule has 0 aliphatic rings. The Balaban J connectivity index is 3.19. The van der Waals surface area contributed by atoms with E-state index in [4.69, 9.17) is 14.2 Å². The van der Waals surface area contributed by atoms with Crippen LogP contribution < -0.4 is 0 Å². The van der Waals surface area contributed by atoms with E-state index in [0.717, 1.165) is 18.4 Å². The second-order valence-electron chi connectivity index (χ2n) is 8.76. The fourth-order valence-electron chi connectivity index (χ4n) is 3.69. The molecule has 0 saturated heterocycles. The molecule has 0 amide bonds. The van der Waals surface area contributed by atoms with Crippen molar-refractivity contribution in [1.29, 1.82) is 0 Å². The molecule has 0 bridgehead atoms. The maximum Gasteiger partial charge on any atom is 0.290 e. The molecule has 0 heterocycles. The predicted molar refractivity (Wildman–Crippen MR) is 119 cm³/mol. The molecule has 1 aromatic carbocycles. The maximum absolute atomic E-state index is 13.6. The van der Waals surface area contributed by atoms with Gasteiger partial charge in [0.25, 0.3) is 5.97 Å². The average Bonchev–Trinajstić information content (AvgIpc) is 2.60. The van der Waals surface area contributed by atoms with Crippen molar-refractivity contribution in [2.24, 2.45) is 0 Å². The molecule has 0 N–H and O–H groups in total. The Kier molecular flexibility index (Phi) is 12.0. The highest BCUT2D eigenvalue weighted by molar-refractivity contribution is 5.22. The summed E-state index contributed by atoms with van der Waals surface area (Å²) in [7, 11) is 0. The van der Waals surface area contributed by atoms with Gasteiger partial charge in [0, 0.05) is 0 Å². The molecule has 1 aromatic rings. The van der Waals surface area contributed by atoms with E-state index in [2.05, 4.69) is 6.92 Å². The first kappa shape index (κ1) is 26.1. The quantitative estimate of drug-likeness (QED) is 0.220. The lowest BCUT2D eigenvalue weighted by Gasteiger charge is -2.43. The van der Waals surface area contributed by atoms with Crippen LogP contribution in [-0.4, -0.2) is 24.3 Å². The summed E-state index contributed by atoms with van der Waals surface area (Å²) in [6, 6.07) is 6.69. The van der Waals surface area contributed by atoms with Gasteiger partial charge in [-0.1, -0.05) is 57.6 Å². The number of hydrogen-bond acceptors (Lipinski definition) is 3. The molecule has 0 spiro atoms. The second kappa shape index (κ2) is 13.4. The zero-order chi connectivity index (χ0) is 21.9. The molecule has 0 fully saturated rings. The van der Waals surface area contributed by atoms with Crippen molar-refractivity contribution in [1.82, 2.24) is 0 Å². The maximum atomic E-state index is 13.6. The Labute approximate surface area is 178 Å². The normalized spacial score (nSPS) is 13.6. The van der Waals surface area contributed by atoms with E-state index in [-0.39, 0.29) is 30.0 Å². The average molecular weight is 411 g/mol. The summed E-state index contributed by atoms with van der Waals surface area (Å²) in [6.07, 6.45) is 7.91. The van der Waals surface area contributed by atoms with Gasteiger partial charge in [-0.15, -0.1) is 0 Å². The number of hydrogen-bond donors (Lipinski definition) is 0. The van der Waals surface area contributed by atoms with Crippen LogP contribution in [0.1, 0.15) is 105 Å². The number of benzene rings is 1. The smallest absolute Gasteiger partial charge is 0.290 e. The summed E-state index contributed by atoms with van der Waals surface area (Å²) in [5, 5.41) is 0. The Hall–Kier alpha value is -0.970. The van der Waals surface area contributed by atoms with Gasteiger partial charge in [-0.2, -0.15) is 0 Å². The topological polar surface area (TPSA) is 27.7 Å². The highest BCUT2D eigenvalue weighted by atomic mass is 19.1. The van der Waals surface area contributed by atoms with Crippen LogP contribution in [0.2, 0.25) is 0 Å². The number of unbranched alkanes of at least 4 members (excludes halogenated alkanes) is 5. The van der Waals surface area contributed by atoms with E-state index in [1.807, 2.05) is 53.7 Å². The molecule has 0 saturated carbocycles. The van der Waals surface area contributed by atoms with Gasteiger partial charge >= 0.3 is 0 Å². The first-order valence-corrected chi connectivity index (χ1v) is 11.5. The summed E-state index contributed by atoms with van der Waals surface area (Å²) in [5.74, 6) is -1.57. The first-order valence-electron chi connectivity index (χ1n) is 11.5. The van der Waals surface area contributed by atoms with Crippen molar-refractivity contribution in [3.05, 3.63) is 35.6 Å². The predicted octanol–water partition coefficient (Wildman–Crippen LogP) is 7.59. The minimum atomic E-state index is -1.20. The molecular weight excluding hydrogens is 367 g/mol. The van der Waals surface area contributed by atoms with Gasteiger partial charge in [-0.05, 0) is 65.7 Å². The Bertz CT molecular complexity index is 513. The van der Waals surface area contributed by atoms with Gasteiger partial charge in [-0.25, -0.2) is 4.39 Å². The summed E-state index contributed by atoms with van der Waals surface area (Å²) in [6.45, 7) is 14.2. The van der Waals surface area contributed by atoms with E-state index in [1.165, 1.54) is 44.2 Å². The largest absolute Gasteiger partial charge is 0.324 e. The van der Waals surface area contributed by atoms with Crippen molar-refractivity contribution in [2.45, 2.75) is 124 Å². The Morgan fingerprint density at radius 2 is 1.17 bits per heavy atom. The van der Waals surface area contributed by atoms with Gasteiger partial charge in [0.1, 0.15) is 5.82 Å². The summed E-state index contributed by atoms with van der Waals surface area (Å²) in [5.41, 5.74) is 0.988. The number of halogens is 1. The van der Waals surface area contributed by atoms with E-state index >= 15 is 0 Å². The summed E-state index contributed by atoms with van der Waals surface area (Å²) < 4.78 is 32.7. The van der Waals surface area contributed by atoms with Crippen molar-refractivity contribution in [2.75, 3.05) is 0 Å². The summed E-state index contributed by atoms with van der Waals surface area (Å²) >= 11 is 0. The minimum absolute atomic E-state index is 0.0694. The third-order valence-electron chi connectivity index (χ3n) is 4.75. The van der Waals surface area contributed by atoms with Crippen LogP contribution in [0.4, 0.5) is 4.39 Å². The minimum Gasteiger partial charge on any atom is -0.324 e. The number of rotatable bonds is 15. The van der Waals surface area contributed by atoms with E-state index < -0.39 is 5.97 Å². The third-order valence-corrected chi connectivity index (χ3v) is 4.75. The third kappa shape index (κ3) is 9.59. The van der Waals surface area contributed by atoms with Gasteiger partial charge in [0.2, 0.25) is 0 Å². The van der Waals surface area contributed by atoms with Crippen molar-refractivity contribution >= 4 is 0 Å². The van der Waals surface area contributed by atoms with Gasteiger partial charge in [-0.3, -0.25) is 0 Å². The highest BCUT2D eigenvalue weighted by Gasteiger charge is 2.46. The molecule has 0 aliphatic heterocycles. The molecule has 0 aliphatic carbocycles. The van der Waals surface area contributed by atoms with Crippen molar-refractivity contribution in [3.8, 4) is 0 Å². The van der Waals surface area contributed by atoms with Crippen LogP contribution in [0.3, 0.4) is 0 Å². The number of ether oxygens (including phenoxy) is 3. The Morgan fingerprint density at radius 3 is 1.62 bits per heavy atom. The molecule has 4 heteroatoms. The molecule has 168 valence electrons. The second-order valence-corrected chi connectivity index (χ2v) is 8.76. The molecular formula is C25H43FO3. The molecule has 1 rings (SSSR count). The SMILES string of the molecule is CCCCCCCCC(c1ccc(F)cc1)C(OC(C)C)(OC(C)C)OC(C)C. The lowest BCUT2D eigenvalue weighted by molar-refractivity contribution is -0.420. The molecule has 1 unspecified atom stereocenters. The summed E-state index contributed by atoms with van der Waals surface area (Å²) in [4.78, 5) is 0. The zero-order valence-electron chi connectivity index (χ0n) is 19.7. The van der Waals surface area contributed by atoms with Crippen LogP contribution in [0.25, 0.3) is 0 Å². The van der Waals surface area contributed by atoms with Gasteiger partial charge < -0.3 is 14.2 Å². The van der Waals surface area contributed by atoms with Gasteiger partial charge in [0.15, 0.2) is 0 Å². The van der Waals surface area contributed by atoms with E-state index in [1.54, 1.807) is 0 Å². The Morgan fingerprint density at radius 1 is 0.724 bits per heavy atom. The van der Waals surface area contributed by atoms with Crippen LogP contribution in [-0.2, 0) is 14.2 Å². The van der Waals surface area contributed by atoms with Crippen LogP contribution >= 0.6 is 0 Å². The van der Waals surface area contributed by atoms with Crippen LogP contribution in [0, 0.1) is 5.82 Å². The standard InChI is InChI=1S/C25H43FO3/c1-8-9-10-11-12-13-14-24(22-15-17-23(26)18-16-22)25(27-19(2)3,28-20(4)5)29-21(6)7/h15-21,24H,8-14H2,1-7H3.